The summed E-state index contributed by atoms with van der Waals surface area (Å²) in [4.78, 5) is 12.3. The van der Waals surface area contributed by atoms with Crippen molar-refractivity contribution in [2.24, 2.45) is 0 Å². The van der Waals surface area contributed by atoms with E-state index >= 15 is 0 Å². The van der Waals surface area contributed by atoms with Gasteiger partial charge in [-0.15, -0.1) is 0 Å². The molecule has 0 amide bonds. The van der Waals surface area contributed by atoms with E-state index in [1.165, 1.54) is 0 Å². The summed E-state index contributed by atoms with van der Waals surface area (Å²) in [7, 11) is 0. The molecule has 0 saturated carbocycles. The molecule has 0 atom stereocenters. The highest BCUT2D eigenvalue weighted by atomic mass is 35.5. The molecule has 0 spiro atoms. The Balaban J connectivity index is 1.94. The average molecular weight is 304 g/mol. The van der Waals surface area contributed by atoms with Gasteiger partial charge in [-0.25, -0.2) is 0 Å². The van der Waals surface area contributed by atoms with Gasteiger partial charge in [-0.3, -0.25) is 4.79 Å². The molecule has 0 fully saturated rings. The van der Waals surface area contributed by atoms with E-state index in [2.05, 4.69) is 0 Å². The van der Waals surface area contributed by atoms with Crippen LogP contribution in [-0.4, -0.2) is 10.4 Å². The first-order valence-electron chi connectivity index (χ1n) is 6.17. The van der Waals surface area contributed by atoms with E-state index in [-0.39, 0.29) is 12.3 Å². The van der Waals surface area contributed by atoms with Crippen molar-refractivity contribution in [2.45, 2.75) is 6.54 Å². The van der Waals surface area contributed by atoms with Gasteiger partial charge in [0.05, 0.1) is 6.54 Å². The van der Waals surface area contributed by atoms with Gasteiger partial charge in [-0.1, -0.05) is 41.4 Å². The molecule has 100 valence electrons. The fourth-order valence-corrected chi connectivity index (χ4v) is 2.65. The molecule has 2 aromatic carbocycles. The van der Waals surface area contributed by atoms with Crippen LogP contribution in [0.3, 0.4) is 0 Å². The maximum absolute atomic E-state index is 12.3. The lowest BCUT2D eigenvalue weighted by Crippen LogP contribution is -2.09. The molecule has 0 aliphatic heterocycles. The zero-order valence-corrected chi connectivity index (χ0v) is 12.0. The van der Waals surface area contributed by atoms with Crippen molar-refractivity contribution in [3.63, 3.8) is 0 Å². The number of aromatic nitrogens is 1. The minimum atomic E-state index is 0.0185. The third kappa shape index (κ3) is 2.45. The number of carbonyl (C=O) groups excluding carboxylic acids is 1. The van der Waals surface area contributed by atoms with Crippen molar-refractivity contribution in [3.05, 3.63) is 70.3 Å². The Morgan fingerprint density at radius 2 is 1.85 bits per heavy atom. The molecule has 0 saturated heterocycles. The molecule has 0 aliphatic carbocycles. The Bertz CT molecular complexity index is 792. The van der Waals surface area contributed by atoms with Crippen LogP contribution in [0, 0.1) is 0 Å². The predicted octanol–water partition coefficient (Wildman–Crippen LogP) is 4.83. The second kappa shape index (κ2) is 5.31. The van der Waals surface area contributed by atoms with Crippen molar-refractivity contribution in [1.29, 1.82) is 0 Å². The van der Waals surface area contributed by atoms with Crippen molar-refractivity contribution in [1.82, 2.24) is 4.57 Å². The van der Waals surface area contributed by atoms with Gasteiger partial charge in [0.1, 0.15) is 0 Å². The number of fused-ring (bicyclic) bond motifs is 1. The maximum atomic E-state index is 12.3. The molecule has 0 unspecified atom stereocenters. The smallest absolute Gasteiger partial charge is 0.182 e. The number of rotatable bonds is 3. The number of ketones is 1. The predicted molar refractivity (Wildman–Crippen MR) is 82.7 cm³/mol. The average Bonchev–Trinajstić information content (AvgIpc) is 2.83. The highest BCUT2D eigenvalue weighted by Gasteiger charge is 2.10. The lowest BCUT2D eigenvalue weighted by molar-refractivity contribution is 0.0973. The Hall–Kier alpha value is -1.77. The molecule has 0 bridgehead atoms. The van der Waals surface area contributed by atoms with Crippen molar-refractivity contribution in [2.75, 3.05) is 0 Å². The summed E-state index contributed by atoms with van der Waals surface area (Å²) in [5.41, 5.74) is 1.56. The van der Waals surface area contributed by atoms with Crippen LogP contribution in [0.15, 0.2) is 54.7 Å². The highest BCUT2D eigenvalue weighted by molar-refractivity contribution is 6.35. The summed E-state index contributed by atoms with van der Waals surface area (Å²) in [5, 5.41) is 2.21. The minimum Gasteiger partial charge on any atom is -0.340 e. The molecule has 2 nitrogen and oxygen atoms in total. The zero-order valence-electron chi connectivity index (χ0n) is 10.5. The highest BCUT2D eigenvalue weighted by Crippen LogP contribution is 2.24. The first-order chi connectivity index (χ1) is 9.65. The van der Waals surface area contributed by atoms with E-state index in [0.717, 1.165) is 10.9 Å². The molecular weight excluding hydrogens is 293 g/mol. The van der Waals surface area contributed by atoms with Gasteiger partial charge in [0, 0.05) is 32.7 Å². The van der Waals surface area contributed by atoms with Crippen LogP contribution >= 0.6 is 23.2 Å². The van der Waals surface area contributed by atoms with E-state index < -0.39 is 0 Å². The van der Waals surface area contributed by atoms with Crippen LogP contribution in [-0.2, 0) is 6.54 Å². The zero-order chi connectivity index (χ0) is 14.1. The molecule has 0 N–H and O–H groups in total. The van der Waals surface area contributed by atoms with E-state index in [4.69, 9.17) is 23.2 Å². The van der Waals surface area contributed by atoms with E-state index in [1.54, 1.807) is 24.3 Å². The standard InChI is InChI=1S/C16H11Cl2NO/c17-12-4-1-3-11(9-12)16(20)10-19-8-7-13-14(18)5-2-6-15(13)19/h1-9H,10H2. The van der Waals surface area contributed by atoms with Gasteiger partial charge < -0.3 is 4.57 Å². The Labute approximate surface area is 126 Å². The van der Waals surface area contributed by atoms with E-state index in [1.807, 2.05) is 35.0 Å². The quantitative estimate of drug-likeness (QED) is 0.635. The normalized spacial score (nSPS) is 10.9. The van der Waals surface area contributed by atoms with Gasteiger partial charge >= 0.3 is 0 Å². The fraction of sp³-hybridized carbons (Fsp3) is 0.0625. The number of benzene rings is 2. The third-order valence-corrected chi connectivity index (χ3v) is 3.79. The number of carbonyl (C=O) groups is 1. The van der Waals surface area contributed by atoms with E-state index in [0.29, 0.717) is 15.6 Å². The Morgan fingerprint density at radius 3 is 2.65 bits per heavy atom. The lowest BCUT2D eigenvalue weighted by Gasteiger charge is -2.05. The number of halogens is 2. The Morgan fingerprint density at radius 1 is 1.05 bits per heavy atom. The second-order valence-corrected chi connectivity index (χ2v) is 5.39. The van der Waals surface area contributed by atoms with Crippen molar-refractivity contribution in [3.8, 4) is 0 Å². The molecule has 1 aromatic heterocycles. The van der Waals surface area contributed by atoms with E-state index in [9.17, 15) is 4.79 Å². The molecule has 1 heterocycles. The summed E-state index contributed by atoms with van der Waals surface area (Å²) in [5.74, 6) is 0.0185. The van der Waals surface area contributed by atoms with Gasteiger partial charge in [-0.05, 0) is 30.3 Å². The number of hydrogen-bond acceptors (Lipinski definition) is 1. The van der Waals surface area contributed by atoms with Gasteiger partial charge in [-0.2, -0.15) is 0 Å². The third-order valence-electron chi connectivity index (χ3n) is 3.22. The van der Waals surface area contributed by atoms with Crippen LogP contribution in [0.5, 0.6) is 0 Å². The van der Waals surface area contributed by atoms with Crippen LogP contribution in [0.1, 0.15) is 10.4 Å². The summed E-state index contributed by atoms with van der Waals surface area (Å²) in [6.07, 6.45) is 1.87. The van der Waals surface area contributed by atoms with Gasteiger partial charge in [0.15, 0.2) is 5.78 Å². The monoisotopic (exact) mass is 303 g/mol. The summed E-state index contributed by atoms with van der Waals surface area (Å²) < 4.78 is 1.89. The summed E-state index contributed by atoms with van der Waals surface area (Å²) in [6, 6.07) is 14.6. The first kappa shape index (κ1) is 13.2. The van der Waals surface area contributed by atoms with Crippen molar-refractivity contribution >= 4 is 39.9 Å². The minimum absolute atomic E-state index is 0.0185. The van der Waals surface area contributed by atoms with Crippen LogP contribution < -0.4 is 0 Å². The van der Waals surface area contributed by atoms with Crippen molar-refractivity contribution < 1.29 is 4.79 Å². The lowest BCUT2D eigenvalue weighted by atomic mass is 10.1. The molecular formula is C16H11Cl2NO. The number of nitrogens with zero attached hydrogens (tertiary/aromatic N) is 1. The van der Waals surface area contributed by atoms with Gasteiger partial charge in [0.2, 0.25) is 0 Å². The topological polar surface area (TPSA) is 22.0 Å². The maximum Gasteiger partial charge on any atom is 0.182 e. The second-order valence-electron chi connectivity index (χ2n) is 4.55. The summed E-state index contributed by atoms with van der Waals surface area (Å²) >= 11 is 12.0. The van der Waals surface area contributed by atoms with Gasteiger partial charge in [0.25, 0.3) is 0 Å². The molecule has 0 aliphatic rings. The van der Waals surface area contributed by atoms with Crippen LogP contribution in [0.2, 0.25) is 10.0 Å². The number of hydrogen-bond donors (Lipinski definition) is 0. The van der Waals surface area contributed by atoms with Crippen LogP contribution in [0.4, 0.5) is 0 Å². The first-order valence-corrected chi connectivity index (χ1v) is 6.93. The molecule has 4 heteroatoms. The Kier molecular flexibility index (Phi) is 3.51. The van der Waals surface area contributed by atoms with Crippen LogP contribution in [0.25, 0.3) is 10.9 Å². The molecule has 20 heavy (non-hydrogen) atoms. The largest absolute Gasteiger partial charge is 0.340 e. The number of Topliss-reactive ketones (excluding diaryl/α,β-unsaturated/α-hetero) is 1. The summed E-state index contributed by atoms with van der Waals surface area (Å²) in [6.45, 7) is 0.268. The molecule has 3 rings (SSSR count). The molecule has 3 aromatic rings. The fourth-order valence-electron chi connectivity index (χ4n) is 2.23. The molecule has 0 radical (unpaired) electrons. The SMILES string of the molecule is O=C(Cn1ccc2c(Cl)cccc21)c1cccc(Cl)c1.